The van der Waals surface area contributed by atoms with Crippen LogP contribution in [0.4, 0.5) is 48.3 Å². The van der Waals surface area contributed by atoms with Crippen molar-refractivity contribution in [2.45, 2.75) is 37.1 Å². The van der Waals surface area contributed by atoms with Crippen molar-refractivity contribution >= 4 is 20.0 Å². The van der Waals surface area contributed by atoms with Crippen molar-refractivity contribution in [1.82, 2.24) is 8.69 Å². The van der Waals surface area contributed by atoms with Gasteiger partial charge in [-0.1, -0.05) is 11.6 Å². The summed E-state index contributed by atoms with van der Waals surface area (Å²) < 4.78 is 172. The van der Waals surface area contributed by atoms with Crippen molar-refractivity contribution in [3.05, 3.63) is 18.7 Å². The molecule has 7 nitrogen and oxygen atoms in total. The van der Waals surface area contributed by atoms with Crippen molar-refractivity contribution in [3.8, 4) is 0 Å². The number of hydrogen-bond donors (Lipinski definition) is 1. The maximum absolute atomic E-state index is 12.2. The van der Waals surface area contributed by atoms with Crippen LogP contribution >= 0.6 is 0 Å². The molecule has 1 heterocycles. The minimum atomic E-state index is -7.17. The van der Waals surface area contributed by atoms with E-state index in [4.69, 9.17) is 0 Å². The van der Waals surface area contributed by atoms with E-state index in [1.165, 1.54) is 12.5 Å². The number of nitrogens with zero attached hydrogens (tertiary/aromatic N) is 2. The number of alkyl halides is 11. The van der Waals surface area contributed by atoms with Crippen LogP contribution in [0.2, 0.25) is 0 Å². The molecule has 0 aliphatic heterocycles. The Labute approximate surface area is 162 Å². The highest BCUT2D eigenvalue weighted by Gasteiger charge is 2.69. The lowest BCUT2D eigenvalue weighted by Crippen LogP contribution is -2.53. The highest BCUT2D eigenvalue weighted by Crippen LogP contribution is 2.40. The van der Waals surface area contributed by atoms with Gasteiger partial charge in [0.25, 0.3) is 0 Å². The summed E-state index contributed by atoms with van der Waals surface area (Å²) in [7, 11) is -12.4. The first kappa shape index (κ1) is 30.5. The Morgan fingerprint density at radius 1 is 0.867 bits per heavy atom. The first-order valence-electron chi connectivity index (χ1n) is 6.30. The summed E-state index contributed by atoms with van der Waals surface area (Å²) in [4.78, 5) is 0. The van der Waals surface area contributed by atoms with Crippen molar-refractivity contribution in [2.24, 2.45) is 7.05 Å². The summed E-state index contributed by atoms with van der Waals surface area (Å²) in [6, 6.07) is 0. The number of imidazole rings is 1. The molecular formula is C10H13F11N3O4S2+. The van der Waals surface area contributed by atoms with E-state index < -0.39 is 53.8 Å². The van der Waals surface area contributed by atoms with Crippen molar-refractivity contribution in [2.75, 3.05) is 0 Å². The minimum absolute atomic E-state index is 0. The van der Waals surface area contributed by atoms with E-state index in [9.17, 15) is 65.1 Å². The summed E-state index contributed by atoms with van der Waals surface area (Å²) in [5.41, 5.74) is -6.37. The molecular weight excluding hydrogens is 499 g/mol. The maximum Gasteiger partial charge on any atom is 0.512 e. The first-order valence-corrected chi connectivity index (χ1v) is 9.26. The van der Waals surface area contributed by atoms with Crippen LogP contribution in [0.1, 0.15) is 7.43 Å². The number of hydrogen-bond acceptors (Lipinski definition) is 4. The first-order chi connectivity index (χ1) is 12.4. The monoisotopic (exact) mass is 512 g/mol. The van der Waals surface area contributed by atoms with Crippen molar-refractivity contribution in [1.29, 1.82) is 0 Å². The van der Waals surface area contributed by atoms with Gasteiger partial charge in [0.2, 0.25) is 6.33 Å². The molecule has 1 aromatic heterocycles. The van der Waals surface area contributed by atoms with Crippen LogP contribution in [0.3, 0.4) is 0 Å². The lowest BCUT2D eigenvalue weighted by Gasteiger charge is -2.20. The summed E-state index contributed by atoms with van der Waals surface area (Å²) >= 11 is 0. The molecule has 0 bridgehead atoms. The molecule has 0 unspecified atom stereocenters. The summed E-state index contributed by atoms with van der Waals surface area (Å²) in [5, 5.41) is -6.71. The SMILES string of the molecule is C.C[n+]1ccn(CC(F)(F)F)c1.O=S(=O)(NS(=O)(=O)C(F)(F)C(F)(F)F)C(F)(F)F. The second-order valence-corrected chi connectivity index (χ2v) is 8.57. The van der Waals surface area contributed by atoms with E-state index in [1.807, 2.05) is 0 Å². The van der Waals surface area contributed by atoms with Gasteiger partial charge in [-0.05, 0) is 0 Å². The quantitative estimate of drug-likeness (QED) is 0.496. The molecule has 0 spiro atoms. The van der Waals surface area contributed by atoms with E-state index in [2.05, 4.69) is 0 Å². The molecule has 0 saturated carbocycles. The average molecular weight is 512 g/mol. The minimum Gasteiger partial charge on any atom is -0.240 e. The van der Waals surface area contributed by atoms with Gasteiger partial charge in [-0.15, -0.1) is 0 Å². The molecule has 0 aromatic carbocycles. The van der Waals surface area contributed by atoms with Crippen LogP contribution in [0.5, 0.6) is 0 Å². The van der Waals surface area contributed by atoms with Gasteiger partial charge in [-0.2, -0.15) is 48.3 Å². The molecule has 0 fully saturated rings. The number of rotatable bonds is 4. The Morgan fingerprint density at radius 2 is 1.30 bits per heavy atom. The molecule has 20 heteroatoms. The van der Waals surface area contributed by atoms with Gasteiger partial charge in [-0.25, -0.2) is 26.0 Å². The molecule has 0 aliphatic carbocycles. The van der Waals surface area contributed by atoms with Gasteiger partial charge in [0, 0.05) is 0 Å². The molecule has 0 atom stereocenters. The Balaban J connectivity index is 0. The Kier molecular flexibility index (Phi) is 9.35. The number of sulfonamides is 2. The molecule has 0 aliphatic rings. The lowest BCUT2D eigenvalue weighted by atomic mass is 10.6. The fourth-order valence-corrected chi connectivity index (χ4v) is 3.46. The molecule has 0 saturated heterocycles. The van der Waals surface area contributed by atoms with Crippen molar-refractivity contribution < 1.29 is 69.7 Å². The Morgan fingerprint density at radius 3 is 1.57 bits per heavy atom. The van der Waals surface area contributed by atoms with Crippen LogP contribution < -0.4 is 8.69 Å². The average Bonchev–Trinajstić information content (AvgIpc) is 2.78. The zero-order valence-corrected chi connectivity index (χ0v) is 15.1. The van der Waals surface area contributed by atoms with Crippen LogP contribution in [0.25, 0.3) is 0 Å². The van der Waals surface area contributed by atoms with Crippen LogP contribution in [0, 0.1) is 0 Å². The summed E-state index contributed by atoms with van der Waals surface area (Å²) in [5.74, 6) is 0. The van der Waals surface area contributed by atoms with Crippen LogP contribution in [-0.2, 0) is 33.6 Å². The van der Waals surface area contributed by atoms with E-state index in [0.717, 1.165) is 4.57 Å². The molecule has 1 aromatic rings. The fourth-order valence-electron chi connectivity index (χ4n) is 1.20. The Bertz CT molecular complexity index is 899. The zero-order chi connectivity index (χ0) is 23.7. The van der Waals surface area contributed by atoms with Gasteiger partial charge in [0.1, 0.15) is 12.4 Å². The number of aryl methyl sites for hydroxylation is 1. The predicted molar refractivity (Wildman–Crippen MR) is 76.4 cm³/mol. The lowest BCUT2D eigenvalue weighted by molar-refractivity contribution is -0.671. The van der Waals surface area contributed by atoms with E-state index >= 15 is 0 Å². The third kappa shape index (κ3) is 8.20. The largest absolute Gasteiger partial charge is 0.512 e. The van der Waals surface area contributed by atoms with Gasteiger partial charge >= 0.3 is 43.2 Å². The molecule has 0 amide bonds. The van der Waals surface area contributed by atoms with E-state index in [0.29, 0.717) is 0 Å². The number of nitrogens with one attached hydrogen (secondary N) is 1. The van der Waals surface area contributed by atoms with Crippen LogP contribution in [-0.4, -0.2) is 44.5 Å². The predicted octanol–water partition coefficient (Wildman–Crippen LogP) is 2.42. The topological polar surface area (TPSA) is 89.1 Å². The van der Waals surface area contributed by atoms with Gasteiger partial charge in [0.05, 0.1) is 7.05 Å². The number of halogens is 11. The molecule has 1 rings (SSSR count). The van der Waals surface area contributed by atoms with E-state index in [1.54, 1.807) is 17.8 Å². The second kappa shape index (κ2) is 9.20. The normalized spacial score (nSPS) is 13.9. The second-order valence-electron chi connectivity index (χ2n) is 4.92. The molecule has 0 radical (unpaired) electrons. The smallest absolute Gasteiger partial charge is 0.240 e. The number of aromatic nitrogens is 2. The third-order valence-corrected chi connectivity index (χ3v) is 5.65. The highest BCUT2D eigenvalue weighted by molar-refractivity contribution is 8.05. The van der Waals surface area contributed by atoms with Crippen molar-refractivity contribution in [3.63, 3.8) is 0 Å². The van der Waals surface area contributed by atoms with E-state index in [-0.39, 0.29) is 7.43 Å². The molecule has 30 heavy (non-hydrogen) atoms. The van der Waals surface area contributed by atoms with Gasteiger partial charge < -0.3 is 0 Å². The molecule has 1 N–H and O–H groups in total. The molecule has 180 valence electrons. The summed E-state index contributed by atoms with van der Waals surface area (Å²) in [6.07, 6.45) is -6.60. The van der Waals surface area contributed by atoms with Crippen LogP contribution in [0.15, 0.2) is 18.7 Å². The third-order valence-electron chi connectivity index (χ3n) is 2.38. The summed E-state index contributed by atoms with van der Waals surface area (Å²) in [6.45, 7) is -0.923. The Hall–Kier alpha value is -1.70. The van der Waals surface area contributed by atoms with Gasteiger partial charge in [-0.3, -0.25) is 0 Å². The highest BCUT2D eigenvalue weighted by atomic mass is 32.3. The zero-order valence-electron chi connectivity index (χ0n) is 13.4. The maximum atomic E-state index is 12.2. The van der Waals surface area contributed by atoms with Gasteiger partial charge in [0.15, 0.2) is 6.54 Å². The fraction of sp³-hybridized carbons (Fsp3) is 0.700. The standard InChI is InChI=1S/C6H8F3N2.C3HF8NO4S2.CH4/c1-10-2-3-11(5-10)4-6(7,8)9;4-1(5,6)2(7,8)17(13,14)12-18(15,16)3(9,10)11;/h2-3,5H,4H2,1H3;12H;1H4/q+1;;.